The van der Waals surface area contributed by atoms with Gasteiger partial charge in [-0.2, -0.15) is 0 Å². The molecule has 1 aliphatic heterocycles. The van der Waals surface area contributed by atoms with Gasteiger partial charge in [-0.05, 0) is 19.3 Å². The molecule has 1 aromatic heterocycles. The SMILES string of the molecule is CC(C)c1nnc(NC(=O)CCCC[C@@H]2CCSS2)s1. The van der Waals surface area contributed by atoms with E-state index in [0.29, 0.717) is 17.5 Å². The first-order chi connectivity index (χ1) is 9.65. The number of rotatable bonds is 7. The number of carbonyl (C=O) groups excluding carboxylic acids is 1. The normalized spacial score (nSPS) is 18.6. The summed E-state index contributed by atoms with van der Waals surface area (Å²) >= 11 is 1.47. The van der Waals surface area contributed by atoms with Crippen molar-refractivity contribution < 1.29 is 4.79 Å². The molecule has 1 atom stereocenters. The Bertz CT molecular complexity index is 430. The standard InChI is InChI=1S/C13H21N3OS3/c1-9(2)12-15-16-13(19-12)14-11(17)6-4-3-5-10-7-8-18-20-10/h9-10H,3-8H2,1-2H3,(H,14,16,17)/t10-/m1/s1. The molecule has 4 nitrogen and oxygen atoms in total. The zero-order chi connectivity index (χ0) is 14.4. The second kappa shape index (κ2) is 8.24. The fourth-order valence-electron chi connectivity index (χ4n) is 1.92. The van der Waals surface area contributed by atoms with Gasteiger partial charge in [0.05, 0.1) is 0 Å². The highest BCUT2D eigenvalue weighted by Crippen LogP contribution is 2.39. The Morgan fingerprint density at radius 3 is 2.90 bits per heavy atom. The minimum atomic E-state index is 0.0601. The molecule has 7 heteroatoms. The number of nitrogens with zero attached hydrogens (tertiary/aromatic N) is 2. The Labute approximate surface area is 132 Å². The maximum atomic E-state index is 11.8. The molecule has 0 saturated carbocycles. The van der Waals surface area contributed by atoms with E-state index in [-0.39, 0.29) is 5.91 Å². The van der Waals surface area contributed by atoms with Gasteiger partial charge in [0.2, 0.25) is 11.0 Å². The molecule has 1 saturated heterocycles. The molecule has 1 aliphatic rings. The van der Waals surface area contributed by atoms with Crippen molar-refractivity contribution in [1.82, 2.24) is 10.2 Å². The van der Waals surface area contributed by atoms with Gasteiger partial charge < -0.3 is 5.32 Å². The van der Waals surface area contributed by atoms with Crippen LogP contribution in [0.2, 0.25) is 0 Å². The molecule has 0 unspecified atom stereocenters. The van der Waals surface area contributed by atoms with Gasteiger partial charge in [0, 0.05) is 23.3 Å². The van der Waals surface area contributed by atoms with Crippen LogP contribution in [0.5, 0.6) is 0 Å². The van der Waals surface area contributed by atoms with Gasteiger partial charge in [-0.25, -0.2) is 0 Å². The number of anilines is 1. The lowest BCUT2D eigenvalue weighted by Gasteiger charge is -2.06. The van der Waals surface area contributed by atoms with Crippen molar-refractivity contribution in [2.75, 3.05) is 11.1 Å². The van der Waals surface area contributed by atoms with Crippen molar-refractivity contribution in [3.63, 3.8) is 0 Å². The van der Waals surface area contributed by atoms with Crippen LogP contribution in [0.25, 0.3) is 0 Å². The van der Waals surface area contributed by atoms with Gasteiger partial charge in [-0.15, -0.1) is 10.2 Å². The summed E-state index contributed by atoms with van der Waals surface area (Å²) in [7, 11) is 3.99. The summed E-state index contributed by atoms with van der Waals surface area (Å²) in [4.78, 5) is 11.8. The Balaban J connectivity index is 1.61. The van der Waals surface area contributed by atoms with Gasteiger partial charge >= 0.3 is 0 Å². The van der Waals surface area contributed by atoms with Crippen molar-refractivity contribution in [2.24, 2.45) is 0 Å². The van der Waals surface area contributed by atoms with Gasteiger partial charge in [-0.1, -0.05) is 53.2 Å². The van der Waals surface area contributed by atoms with Gasteiger partial charge in [-0.3, -0.25) is 4.79 Å². The van der Waals surface area contributed by atoms with Crippen molar-refractivity contribution in [3.05, 3.63) is 5.01 Å². The summed E-state index contributed by atoms with van der Waals surface area (Å²) in [5.74, 6) is 1.70. The third kappa shape index (κ3) is 5.26. The van der Waals surface area contributed by atoms with Crippen LogP contribution in [0, 0.1) is 0 Å². The predicted molar refractivity (Wildman–Crippen MR) is 89.5 cm³/mol. The largest absolute Gasteiger partial charge is 0.301 e. The lowest BCUT2D eigenvalue weighted by Crippen LogP contribution is -2.11. The Morgan fingerprint density at radius 1 is 1.40 bits per heavy atom. The van der Waals surface area contributed by atoms with Crippen LogP contribution in [0.4, 0.5) is 5.13 Å². The number of hydrogen-bond acceptors (Lipinski definition) is 6. The van der Waals surface area contributed by atoms with E-state index in [1.807, 2.05) is 21.6 Å². The zero-order valence-corrected chi connectivity index (χ0v) is 14.4. The summed E-state index contributed by atoms with van der Waals surface area (Å²) in [6, 6.07) is 0. The van der Waals surface area contributed by atoms with Gasteiger partial charge in [0.15, 0.2) is 0 Å². The predicted octanol–water partition coefficient (Wildman–Crippen LogP) is 4.31. The fraction of sp³-hybridized carbons (Fsp3) is 0.769. The summed E-state index contributed by atoms with van der Waals surface area (Å²) in [5, 5.41) is 13.3. The third-order valence-electron chi connectivity index (χ3n) is 3.09. The number of nitrogens with one attached hydrogen (secondary N) is 1. The van der Waals surface area contributed by atoms with E-state index >= 15 is 0 Å². The van der Waals surface area contributed by atoms with E-state index in [1.165, 1.54) is 29.9 Å². The molecule has 1 aromatic rings. The Kier molecular flexibility index (Phi) is 6.64. The third-order valence-corrected chi connectivity index (χ3v) is 7.23. The first kappa shape index (κ1) is 16.1. The smallest absolute Gasteiger partial charge is 0.226 e. The van der Waals surface area contributed by atoms with Crippen molar-refractivity contribution in [2.45, 2.75) is 57.1 Å². The molecule has 112 valence electrons. The second-order valence-corrected chi connectivity index (χ2v) is 9.02. The number of amides is 1. The summed E-state index contributed by atoms with van der Waals surface area (Å²) < 4.78 is 0. The molecule has 0 aromatic carbocycles. The highest BCUT2D eigenvalue weighted by molar-refractivity contribution is 8.77. The lowest BCUT2D eigenvalue weighted by molar-refractivity contribution is -0.116. The Morgan fingerprint density at radius 2 is 2.25 bits per heavy atom. The first-order valence-electron chi connectivity index (χ1n) is 7.06. The molecule has 2 heterocycles. The minimum absolute atomic E-state index is 0.0601. The van der Waals surface area contributed by atoms with E-state index in [1.54, 1.807) is 0 Å². The van der Waals surface area contributed by atoms with Crippen LogP contribution in [0.1, 0.15) is 56.9 Å². The van der Waals surface area contributed by atoms with E-state index < -0.39 is 0 Å². The van der Waals surface area contributed by atoms with Crippen LogP contribution in [0.3, 0.4) is 0 Å². The molecule has 0 bridgehead atoms. The molecule has 1 amide bonds. The number of aromatic nitrogens is 2. The Hall–Kier alpha value is -0.270. The highest BCUT2D eigenvalue weighted by Gasteiger charge is 2.16. The molecule has 0 spiro atoms. The van der Waals surface area contributed by atoms with Crippen LogP contribution in [-0.2, 0) is 4.79 Å². The van der Waals surface area contributed by atoms with Crippen molar-refractivity contribution >= 4 is 44.0 Å². The fourth-order valence-corrected chi connectivity index (χ4v) is 5.71. The number of carbonyl (C=O) groups is 1. The zero-order valence-electron chi connectivity index (χ0n) is 11.9. The van der Waals surface area contributed by atoms with E-state index in [9.17, 15) is 4.79 Å². The molecule has 0 aliphatic carbocycles. The molecular formula is C13H21N3OS3. The summed E-state index contributed by atoms with van der Waals surface area (Å²) in [6.45, 7) is 4.15. The van der Waals surface area contributed by atoms with Gasteiger partial charge in [0.1, 0.15) is 5.01 Å². The summed E-state index contributed by atoms with van der Waals surface area (Å²) in [5.41, 5.74) is 0. The van der Waals surface area contributed by atoms with Crippen LogP contribution in [0.15, 0.2) is 0 Å². The topological polar surface area (TPSA) is 54.9 Å². The average Bonchev–Trinajstić information content (AvgIpc) is 3.05. The molecule has 1 fully saturated rings. The van der Waals surface area contributed by atoms with Crippen LogP contribution < -0.4 is 5.32 Å². The molecule has 20 heavy (non-hydrogen) atoms. The first-order valence-corrected chi connectivity index (χ1v) is 10.3. The van der Waals surface area contributed by atoms with E-state index in [0.717, 1.165) is 23.1 Å². The quantitative estimate of drug-likeness (QED) is 0.596. The lowest BCUT2D eigenvalue weighted by atomic mass is 10.1. The molecule has 1 N–H and O–H groups in total. The average molecular weight is 332 g/mol. The molecular weight excluding hydrogens is 310 g/mol. The number of hydrogen-bond donors (Lipinski definition) is 1. The van der Waals surface area contributed by atoms with Crippen LogP contribution >= 0.6 is 32.9 Å². The van der Waals surface area contributed by atoms with E-state index in [2.05, 4.69) is 29.4 Å². The molecule has 0 radical (unpaired) electrons. The van der Waals surface area contributed by atoms with Crippen LogP contribution in [-0.4, -0.2) is 27.1 Å². The maximum absolute atomic E-state index is 11.8. The second-order valence-electron chi connectivity index (χ2n) is 5.22. The van der Waals surface area contributed by atoms with Crippen molar-refractivity contribution in [1.29, 1.82) is 0 Å². The highest BCUT2D eigenvalue weighted by atomic mass is 33.1. The van der Waals surface area contributed by atoms with Crippen molar-refractivity contribution in [3.8, 4) is 0 Å². The minimum Gasteiger partial charge on any atom is -0.301 e. The monoisotopic (exact) mass is 331 g/mol. The maximum Gasteiger partial charge on any atom is 0.226 e. The number of unbranched alkanes of at least 4 members (excludes halogenated alkanes) is 1. The van der Waals surface area contributed by atoms with E-state index in [4.69, 9.17) is 0 Å². The molecule has 2 rings (SSSR count). The summed E-state index contributed by atoms with van der Waals surface area (Å²) in [6.07, 6.45) is 5.25. The van der Waals surface area contributed by atoms with Gasteiger partial charge in [0.25, 0.3) is 0 Å².